The first-order valence-corrected chi connectivity index (χ1v) is 6.89. The molecule has 0 saturated carbocycles. The summed E-state index contributed by atoms with van der Waals surface area (Å²) in [5.41, 5.74) is 1.46. The molecule has 0 fully saturated rings. The van der Waals surface area contributed by atoms with Crippen LogP contribution < -0.4 is 10.6 Å². The van der Waals surface area contributed by atoms with E-state index in [0.29, 0.717) is 29.3 Å². The largest absolute Gasteiger partial charge is 0.394 e. The summed E-state index contributed by atoms with van der Waals surface area (Å²) in [6.07, 6.45) is 0.850. The lowest BCUT2D eigenvalue weighted by atomic mass is 10.0. The van der Waals surface area contributed by atoms with Gasteiger partial charge in [-0.05, 0) is 24.0 Å². The molecule has 0 saturated heterocycles. The summed E-state index contributed by atoms with van der Waals surface area (Å²) >= 11 is 0. The molecule has 1 aliphatic rings. The first-order valence-electron chi connectivity index (χ1n) is 6.89. The van der Waals surface area contributed by atoms with E-state index in [1.165, 1.54) is 6.07 Å². The van der Waals surface area contributed by atoms with Crippen molar-refractivity contribution in [3.63, 3.8) is 0 Å². The van der Waals surface area contributed by atoms with Gasteiger partial charge in [-0.15, -0.1) is 0 Å². The molecular weight excluding hydrogens is 274 g/mol. The molecule has 1 atom stereocenters. The van der Waals surface area contributed by atoms with Gasteiger partial charge < -0.3 is 15.7 Å². The van der Waals surface area contributed by atoms with E-state index < -0.39 is 4.92 Å². The Kier molecular flexibility index (Phi) is 4.42. The Balaban J connectivity index is 2.31. The highest BCUT2D eigenvalue weighted by molar-refractivity contribution is 6.00. The molecule has 1 aliphatic heterocycles. The Labute approximate surface area is 122 Å². The number of rotatable bonds is 6. The van der Waals surface area contributed by atoms with Crippen LogP contribution in [0.15, 0.2) is 12.1 Å². The maximum absolute atomic E-state index is 11.4. The highest BCUT2D eigenvalue weighted by Gasteiger charge is 2.25. The van der Waals surface area contributed by atoms with Crippen LogP contribution in [0, 0.1) is 16.0 Å². The van der Waals surface area contributed by atoms with Crippen LogP contribution in [-0.2, 0) is 11.2 Å². The molecule has 1 unspecified atom stereocenters. The van der Waals surface area contributed by atoms with E-state index in [1.54, 1.807) is 6.07 Å². The van der Waals surface area contributed by atoms with Gasteiger partial charge in [-0.3, -0.25) is 14.9 Å². The van der Waals surface area contributed by atoms with Crippen molar-refractivity contribution in [2.45, 2.75) is 32.7 Å². The summed E-state index contributed by atoms with van der Waals surface area (Å²) in [7, 11) is 0. The van der Waals surface area contributed by atoms with Crippen LogP contribution in [-0.4, -0.2) is 28.6 Å². The number of benzene rings is 1. The van der Waals surface area contributed by atoms with Gasteiger partial charge in [-0.25, -0.2) is 0 Å². The summed E-state index contributed by atoms with van der Waals surface area (Å²) in [5, 5.41) is 26.3. The van der Waals surface area contributed by atoms with Crippen molar-refractivity contribution in [1.29, 1.82) is 0 Å². The number of nitrogens with one attached hydrogen (secondary N) is 2. The molecule has 7 heteroatoms. The molecule has 114 valence electrons. The molecule has 0 bridgehead atoms. The summed E-state index contributed by atoms with van der Waals surface area (Å²) in [6, 6.07) is 2.72. The highest BCUT2D eigenvalue weighted by atomic mass is 16.6. The molecule has 2 rings (SSSR count). The van der Waals surface area contributed by atoms with Gasteiger partial charge in [0, 0.05) is 17.8 Å². The second kappa shape index (κ2) is 6.09. The van der Waals surface area contributed by atoms with E-state index in [2.05, 4.69) is 10.6 Å². The average molecular weight is 293 g/mol. The summed E-state index contributed by atoms with van der Waals surface area (Å²) in [6.45, 7) is 3.92. The number of carbonyl (C=O) groups is 1. The first kappa shape index (κ1) is 15.2. The SMILES string of the molecule is CC(C)CC(CO)Nc1cc2c(cc1[N+](=O)[O-])CC(=O)N2. The zero-order chi connectivity index (χ0) is 15.6. The number of amides is 1. The topological polar surface area (TPSA) is 104 Å². The third kappa shape index (κ3) is 3.49. The van der Waals surface area contributed by atoms with Crippen LogP contribution in [0.3, 0.4) is 0 Å². The van der Waals surface area contributed by atoms with E-state index in [1.807, 2.05) is 13.8 Å². The predicted octanol–water partition coefficient (Wildman–Crippen LogP) is 1.91. The van der Waals surface area contributed by atoms with Crippen LogP contribution in [0.2, 0.25) is 0 Å². The smallest absolute Gasteiger partial charge is 0.292 e. The fraction of sp³-hybridized carbons (Fsp3) is 0.500. The lowest BCUT2D eigenvalue weighted by molar-refractivity contribution is -0.384. The minimum atomic E-state index is -0.477. The van der Waals surface area contributed by atoms with E-state index in [9.17, 15) is 20.0 Å². The number of hydrogen-bond acceptors (Lipinski definition) is 5. The number of fused-ring (bicyclic) bond motifs is 1. The van der Waals surface area contributed by atoms with E-state index in [4.69, 9.17) is 0 Å². The number of nitro benzene ring substituents is 1. The number of nitrogens with zero attached hydrogens (tertiary/aromatic N) is 1. The molecule has 0 spiro atoms. The van der Waals surface area contributed by atoms with Crippen molar-refractivity contribution in [1.82, 2.24) is 0 Å². The average Bonchev–Trinajstić information content (AvgIpc) is 2.75. The van der Waals surface area contributed by atoms with Gasteiger partial charge in [0.25, 0.3) is 5.69 Å². The Morgan fingerprint density at radius 3 is 2.76 bits per heavy atom. The van der Waals surface area contributed by atoms with E-state index in [-0.39, 0.29) is 30.7 Å². The summed E-state index contributed by atoms with van der Waals surface area (Å²) in [5.74, 6) is 0.181. The predicted molar refractivity (Wildman–Crippen MR) is 79.4 cm³/mol. The molecular formula is C14H19N3O4. The molecule has 1 amide bonds. The molecule has 21 heavy (non-hydrogen) atoms. The van der Waals surface area contributed by atoms with Crippen LogP contribution in [0.1, 0.15) is 25.8 Å². The third-order valence-electron chi connectivity index (χ3n) is 3.38. The van der Waals surface area contributed by atoms with Gasteiger partial charge in [-0.2, -0.15) is 0 Å². The lowest BCUT2D eigenvalue weighted by Crippen LogP contribution is -2.26. The molecule has 1 aromatic rings. The van der Waals surface area contributed by atoms with Crippen LogP contribution >= 0.6 is 0 Å². The molecule has 1 aromatic carbocycles. The monoisotopic (exact) mass is 293 g/mol. The number of nitro groups is 1. The van der Waals surface area contributed by atoms with Gasteiger partial charge in [0.15, 0.2) is 0 Å². The molecule has 7 nitrogen and oxygen atoms in total. The summed E-state index contributed by atoms with van der Waals surface area (Å²) < 4.78 is 0. The van der Waals surface area contributed by atoms with Gasteiger partial charge >= 0.3 is 0 Å². The second-order valence-corrected chi connectivity index (χ2v) is 5.66. The quantitative estimate of drug-likeness (QED) is 0.549. The van der Waals surface area contributed by atoms with Crippen molar-refractivity contribution in [3.05, 3.63) is 27.8 Å². The molecule has 0 aliphatic carbocycles. The zero-order valence-corrected chi connectivity index (χ0v) is 12.0. The molecule has 3 N–H and O–H groups in total. The number of aliphatic hydroxyl groups is 1. The highest BCUT2D eigenvalue weighted by Crippen LogP contribution is 2.35. The Morgan fingerprint density at radius 2 is 2.19 bits per heavy atom. The minimum Gasteiger partial charge on any atom is -0.394 e. The number of aliphatic hydroxyl groups excluding tert-OH is 1. The van der Waals surface area contributed by atoms with Crippen molar-refractivity contribution in [3.8, 4) is 0 Å². The fourth-order valence-corrected chi connectivity index (χ4v) is 2.50. The van der Waals surface area contributed by atoms with Crippen LogP contribution in [0.4, 0.5) is 17.1 Å². The second-order valence-electron chi connectivity index (χ2n) is 5.66. The Bertz CT molecular complexity index is 572. The third-order valence-corrected chi connectivity index (χ3v) is 3.38. The molecule has 0 radical (unpaired) electrons. The van der Waals surface area contributed by atoms with Crippen molar-refractivity contribution in [2.24, 2.45) is 5.92 Å². The van der Waals surface area contributed by atoms with Gasteiger partial charge in [0.05, 0.1) is 18.0 Å². The summed E-state index contributed by atoms with van der Waals surface area (Å²) in [4.78, 5) is 22.1. The Morgan fingerprint density at radius 1 is 1.48 bits per heavy atom. The Hall–Kier alpha value is -2.15. The molecule has 1 heterocycles. The normalized spacial score (nSPS) is 14.8. The van der Waals surface area contributed by atoms with Crippen LogP contribution in [0.5, 0.6) is 0 Å². The zero-order valence-electron chi connectivity index (χ0n) is 12.0. The van der Waals surface area contributed by atoms with E-state index in [0.717, 1.165) is 0 Å². The maximum Gasteiger partial charge on any atom is 0.292 e. The van der Waals surface area contributed by atoms with Crippen molar-refractivity contribution >= 4 is 23.0 Å². The number of anilines is 2. The standard InChI is InChI=1S/C14H19N3O4/c1-8(2)3-10(7-18)15-12-6-11-9(5-14(19)16-11)4-13(12)17(20)21/h4,6,8,10,15,18H,3,5,7H2,1-2H3,(H,16,19). The fourth-order valence-electron chi connectivity index (χ4n) is 2.50. The first-order chi connectivity index (χ1) is 9.90. The van der Waals surface area contributed by atoms with Gasteiger partial charge in [-0.1, -0.05) is 13.8 Å². The molecule has 0 aromatic heterocycles. The lowest BCUT2D eigenvalue weighted by Gasteiger charge is -2.20. The minimum absolute atomic E-state index is 0.0764. The van der Waals surface area contributed by atoms with Gasteiger partial charge in [0.2, 0.25) is 5.91 Å². The maximum atomic E-state index is 11.4. The van der Waals surface area contributed by atoms with Crippen molar-refractivity contribution in [2.75, 3.05) is 17.2 Å². The van der Waals surface area contributed by atoms with E-state index >= 15 is 0 Å². The van der Waals surface area contributed by atoms with Crippen molar-refractivity contribution < 1.29 is 14.8 Å². The van der Waals surface area contributed by atoms with Crippen LogP contribution in [0.25, 0.3) is 0 Å². The number of hydrogen-bond donors (Lipinski definition) is 3. The number of carbonyl (C=O) groups excluding carboxylic acids is 1. The van der Waals surface area contributed by atoms with Gasteiger partial charge in [0.1, 0.15) is 5.69 Å².